The molecule has 0 aliphatic rings. The van der Waals surface area contributed by atoms with Crippen molar-refractivity contribution in [3.63, 3.8) is 0 Å². The molecule has 1 amide bonds. The molecule has 0 bridgehead atoms. The average Bonchev–Trinajstić information content (AvgIpc) is 3.19. The van der Waals surface area contributed by atoms with Crippen LogP contribution in [0.2, 0.25) is 0 Å². The third kappa shape index (κ3) is 2.86. The topological polar surface area (TPSA) is 77.6 Å². The lowest BCUT2D eigenvalue weighted by atomic mass is 9.97. The SMILES string of the molecule is Bc1cn(C)nc1C(=O)Nc1cccc2cc(-c3cnn(C)c3)ncc12. The number of amides is 1. The first-order chi connectivity index (χ1) is 12.5. The van der Waals surface area contributed by atoms with Gasteiger partial charge in [0.2, 0.25) is 0 Å². The Bertz CT molecular complexity index is 1130. The number of anilines is 1. The molecule has 4 aromatic rings. The lowest BCUT2D eigenvalue weighted by molar-refractivity contribution is 0.102. The van der Waals surface area contributed by atoms with E-state index in [0.29, 0.717) is 11.4 Å². The van der Waals surface area contributed by atoms with Crippen LogP contribution in [0.5, 0.6) is 0 Å². The van der Waals surface area contributed by atoms with E-state index in [2.05, 4.69) is 20.5 Å². The number of pyridine rings is 1. The predicted octanol–water partition coefficient (Wildman–Crippen LogP) is 0.879. The molecule has 8 heteroatoms. The molecule has 1 N–H and O–H groups in total. The number of fused-ring (bicyclic) bond motifs is 1. The molecule has 0 saturated heterocycles. The number of nitrogens with one attached hydrogen (secondary N) is 1. The van der Waals surface area contributed by atoms with Gasteiger partial charge in [0, 0.05) is 43.6 Å². The van der Waals surface area contributed by atoms with Crippen LogP contribution < -0.4 is 10.8 Å². The quantitative estimate of drug-likeness (QED) is 0.560. The molecule has 26 heavy (non-hydrogen) atoms. The van der Waals surface area contributed by atoms with E-state index in [9.17, 15) is 4.79 Å². The highest BCUT2D eigenvalue weighted by atomic mass is 16.2. The number of carbonyl (C=O) groups is 1. The molecule has 0 saturated carbocycles. The zero-order valence-corrected chi connectivity index (χ0v) is 14.8. The van der Waals surface area contributed by atoms with Gasteiger partial charge in [-0.05, 0) is 23.0 Å². The summed E-state index contributed by atoms with van der Waals surface area (Å²) in [5, 5.41) is 13.2. The number of aryl methyl sites for hydroxylation is 2. The number of rotatable bonds is 3. The van der Waals surface area contributed by atoms with E-state index in [4.69, 9.17) is 0 Å². The summed E-state index contributed by atoms with van der Waals surface area (Å²) in [5.41, 5.74) is 3.76. The van der Waals surface area contributed by atoms with E-state index in [1.54, 1.807) is 28.8 Å². The third-order valence-corrected chi connectivity index (χ3v) is 4.24. The Balaban J connectivity index is 1.70. The van der Waals surface area contributed by atoms with Crippen molar-refractivity contribution >= 4 is 35.7 Å². The Labute approximate surface area is 151 Å². The summed E-state index contributed by atoms with van der Waals surface area (Å²) in [5.74, 6) is -0.230. The molecule has 0 unspecified atom stereocenters. The van der Waals surface area contributed by atoms with Gasteiger partial charge in [-0.25, -0.2) is 0 Å². The van der Waals surface area contributed by atoms with Gasteiger partial charge in [-0.15, -0.1) is 0 Å². The highest BCUT2D eigenvalue weighted by Gasteiger charge is 2.14. The summed E-state index contributed by atoms with van der Waals surface area (Å²) in [6.07, 6.45) is 7.30. The molecule has 0 radical (unpaired) electrons. The fourth-order valence-electron chi connectivity index (χ4n) is 3.00. The Morgan fingerprint density at radius 2 is 2.00 bits per heavy atom. The summed E-state index contributed by atoms with van der Waals surface area (Å²) in [6.45, 7) is 0. The van der Waals surface area contributed by atoms with E-state index in [1.807, 2.05) is 51.6 Å². The van der Waals surface area contributed by atoms with Crippen LogP contribution in [0.1, 0.15) is 10.5 Å². The molecule has 0 aliphatic carbocycles. The largest absolute Gasteiger partial charge is 0.320 e. The summed E-state index contributed by atoms with van der Waals surface area (Å²) in [7, 11) is 5.54. The second kappa shape index (κ2) is 6.14. The van der Waals surface area contributed by atoms with Crippen molar-refractivity contribution in [2.45, 2.75) is 0 Å². The van der Waals surface area contributed by atoms with E-state index in [-0.39, 0.29) is 5.91 Å². The number of aromatic nitrogens is 5. The minimum atomic E-state index is -0.230. The van der Waals surface area contributed by atoms with Gasteiger partial charge in [0.1, 0.15) is 13.5 Å². The van der Waals surface area contributed by atoms with Gasteiger partial charge >= 0.3 is 0 Å². The number of benzene rings is 1. The van der Waals surface area contributed by atoms with Gasteiger partial charge in [0.15, 0.2) is 0 Å². The van der Waals surface area contributed by atoms with Crippen molar-refractivity contribution in [3.8, 4) is 11.3 Å². The Morgan fingerprint density at radius 1 is 1.15 bits per heavy atom. The summed E-state index contributed by atoms with van der Waals surface area (Å²) < 4.78 is 3.38. The maximum Gasteiger partial charge on any atom is 0.275 e. The summed E-state index contributed by atoms with van der Waals surface area (Å²) >= 11 is 0. The second-order valence-corrected chi connectivity index (χ2v) is 6.29. The van der Waals surface area contributed by atoms with E-state index < -0.39 is 0 Å². The zero-order chi connectivity index (χ0) is 18.3. The first kappa shape index (κ1) is 16.1. The van der Waals surface area contributed by atoms with Crippen LogP contribution >= 0.6 is 0 Å². The van der Waals surface area contributed by atoms with Crippen molar-refractivity contribution in [1.82, 2.24) is 24.5 Å². The molecule has 0 fully saturated rings. The number of hydrogen-bond acceptors (Lipinski definition) is 4. The highest BCUT2D eigenvalue weighted by molar-refractivity contribution is 6.36. The van der Waals surface area contributed by atoms with Crippen LogP contribution in [0.25, 0.3) is 22.0 Å². The van der Waals surface area contributed by atoms with Gasteiger partial charge in [-0.1, -0.05) is 12.1 Å². The van der Waals surface area contributed by atoms with E-state index in [1.165, 1.54) is 0 Å². The Hall–Kier alpha value is -3.42. The molecule has 0 aliphatic heterocycles. The minimum Gasteiger partial charge on any atom is -0.320 e. The van der Waals surface area contributed by atoms with Gasteiger partial charge in [0.25, 0.3) is 5.91 Å². The summed E-state index contributed by atoms with van der Waals surface area (Å²) in [6, 6.07) is 7.77. The van der Waals surface area contributed by atoms with Crippen LogP contribution in [-0.4, -0.2) is 38.3 Å². The van der Waals surface area contributed by atoms with Gasteiger partial charge in [-0.2, -0.15) is 10.2 Å². The van der Waals surface area contributed by atoms with Crippen molar-refractivity contribution in [1.29, 1.82) is 0 Å². The van der Waals surface area contributed by atoms with E-state index >= 15 is 0 Å². The van der Waals surface area contributed by atoms with Gasteiger partial charge in [-0.3, -0.25) is 19.1 Å². The molecule has 3 heterocycles. The molecular weight excluding hydrogens is 327 g/mol. The van der Waals surface area contributed by atoms with Gasteiger partial charge < -0.3 is 5.32 Å². The molecule has 3 aromatic heterocycles. The van der Waals surface area contributed by atoms with Crippen LogP contribution in [0.15, 0.2) is 49.1 Å². The molecule has 7 nitrogen and oxygen atoms in total. The average molecular weight is 344 g/mol. The van der Waals surface area contributed by atoms with Crippen molar-refractivity contribution < 1.29 is 4.79 Å². The minimum absolute atomic E-state index is 0.230. The monoisotopic (exact) mass is 344 g/mol. The number of hydrogen-bond donors (Lipinski definition) is 1. The van der Waals surface area contributed by atoms with Crippen LogP contribution in [-0.2, 0) is 14.1 Å². The maximum absolute atomic E-state index is 12.6. The molecule has 1 aromatic carbocycles. The van der Waals surface area contributed by atoms with Crippen LogP contribution in [0.3, 0.4) is 0 Å². The number of nitrogens with zero attached hydrogens (tertiary/aromatic N) is 5. The molecule has 4 rings (SSSR count). The van der Waals surface area contributed by atoms with Gasteiger partial charge in [0.05, 0.1) is 17.6 Å². The fourth-order valence-corrected chi connectivity index (χ4v) is 3.00. The Morgan fingerprint density at radius 3 is 2.69 bits per heavy atom. The van der Waals surface area contributed by atoms with Crippen molar-refractivity contribution in [2.24, 2.45) is 14.1 Å². The smallest absolute Gasteiger partial charge is 0.275 e. The summed E-state index contributed by atoms with van der Waals surface area (Å²) in [4.78, 5) is 17.1. The first-order valence-electron chi connectivity index (χ1n) is 8.20. The van der Waals surface area contributed by atoms with Crippen LogP contribution in [0.4, 0.5) is 5.69 Å². The second-order valence-electron chi connectivity index (χ2n) is 6.29. The third-order valence-electron chi connectivity index (χ3n) is 4.24. The van der Waals surface area contributed by atoms with E-state index in [0.717, 1.165) is 27.5 Å². The Kier molecular flexibility index (Phi) is 3.80. The van der Waals surface area contributed by atoms with Crippen LogP contribution in [0, 0.1) is 0 Å². The molecule has 0 atom stereocenters. The number of carbonyl (C=O) groups excluding carboxylic acids is 1. The maximum atomic E-state index is 12.6. The zero-order valence-electron chi connectivity index (χ0n) is 14.8. The fraction of sp³-hybridized carbons (Fsp3) is 0.111. The molecule has 128 valence electrons. The first-order valence-corrected chi connectivity index (χ1v) is 8.20. The predicted molar refractivity (Wildman–Crippen MR) is 103 cm³/mol. The lowest BCUT2D eigenvalue weighted by Crippen LogP contribution is -2.20. The van der Waals surface area contributed by atoms with Crippen molar-refractivity contribution in [3.05, 3.63) is 54.7 Å². The normalized spacial score (nSPS) is 11.0. The standard InChI is InChI=1S/C18H17BN6O/c1-24-9-12(7-21-24)16-6-11-4-3-5-15(13(11)8-20-16)22-18(26)17-14(19)10-25(2)23-17/h3-10H,19H2,1-2H3,(H,22,26). The molecule has 0 spiro atoms. The highest BCUT2D eigenvalue weighted by Crippen LogP contribution is 2.26. The van der Waals surface area contributed by atoms with Crippen molar-refractivity contribution in [2.75, 3.05) is 5.32 Å². The molecular formula is C18H17BN6O. The lowest BCUT2D eigenvalue weighted by Gasteiger charge is -2.09.